The number of aryl methyl sites for hydroxylation is 1. The summed E-state index contributed by atoms with van der Waals surface area (Å²) < 4.78 is 0. The van der Waals surface area contributed by atoms with Crippen molar-refractivity contribution >= 4 is 17.6 Å². The Bertz CT molecular complexity index is 815. The Hall–Kier alpha value is -3.26. The number of anilines is 1. The second-order valence-corrected chi connectivity index (χ2v) is 5.76. The van der Waals surface area contributed by atoms with Gasteiger partial charge in [0.15, 0.2) is 0 Å². The minimum absolute atomic E-state index is 0.0472. The summed E-state index contributed by atoms with van der Waals surface area (Å²) in [5.74, 6) is 5.79. The van der Waals surface area contributed by atoms with E-state index in [0.717, 1.165) is 16.8 Å². The zero-order valence-electron chi connectivity index (χ0n) is 14.6. The molecule has 2 rings (SSSR count). The number of urea groups is 1. The van der Waals surface area contributed by atoms with Gasteiger partial charge in [0.1, 0.15) is 0 Å². The minimum Gasteiger partial charge on any atom is -0.345 e. The molecule has 5 heteroatoms. The minimum atomic E-state index is -0.299. The SMILES string of the molecule is Cc1cccc(NC(=O)NCC#Cc2ccc(C(=O)N(C)C)cc2)c1. The number of rotatable bonds is 3. The Morgan fingerprint density at radius 1 is 1.08 bits per heavy atom. The Labute approximate surface area is 148 Å². The number of nitrogens with one attached hydrogen (secondary N) is 2. The lowest BCUT2D eigenvalue weighted by molar-refractivity contribution is 0.0827. The van der Waals surface area contributed by atoms with Gasteiger partial charge in [-0.25, -0.2) is 4.79 Å². The second-order valence-electron chi connectivity index (χ2n) is 5.76. The number of carbonyl (C=O) groups is 2. The van der Waals surface area contributed by atoms with Crippen molar-refractivity contribution in [3.8, 4) is 11.8 Å². The molecule has 25 heavy (non-hydrogen) atoms. The summed E-state index contributed by atoms with van der Waals surface area (Å²) in [6.45, 7) is 2.20. The molecule has 0 radical (unpaired) electrons. The molecule has 0 aliphatic carbocycles. The van der Waals surface area contributed by atoms with Crippen LogP contribution in [0.2, 0.25) is 0 Å². The van der Waals surface area contributed by atoms with Crippen LogP contribution in [0.3, 0.4) is 0 Å². The van der Waals surface area contributed by atoms with E-state index in [1.807, 2.05) is 31.2 Å². The van der Waals surface area contributed by atoms with Gasteiger partial charge in [0.2, 0.25) is 0 Å². The molecule has 0 saturated carbocycles. The number of amides is 3. The van der Waals surface area contributed by atoms with Gasteiger partial charge in [0.25, 0.3) is 5.91 Å². The van der Waals surface area contributed by atoms with Crippen molar-refractivity contribution in [2.45, 2.75) is 6.92 Å². The number of benzene rings is 2. The molecule has 5 nitrogen and oxygen atoms in total. The molecule has 0 heterocycles. The van der Waals surface area contributed by atoms with Crippen LogP contribution in [-0.4, -0.2) is 37.5 Å². The van der Waals surface area contributed by atoms with Crippen LogP contribution in [0.4, 0.5) is 10.5 Å². The number of hydrogen-bond acceptors (Lipinski definition) is 2. The molecule has 0 fully saturated rings. The zero-order chi connectivity index (χ0) is 18.2. The van der Waals surface area contributed by atoms with Gasteiger partial charge in [-0.15, -0.1) is 0 Å². The molecule has 0 aliphatic heterocycles. The van der Waals surface area contributed by atoms with E-state index in [4.69, 9.17) is 0 Å². The van der Waals surface area contributed by atoms with Gasteiger partial charge in [-0.2, -0.15) is 0 Å². The fraction of sp³-hybridized carbons (Fsp3) is 0.200. The smallest absolute Gasteiger partial charge is 0.319 e. The van der Waals surface area contributed by atoms with E-state index in [9.17, 15) is 9.59 Å². The molecule has 0 saturated heterocycles. The summed E-state index contributed by atoms with van der Waals surface area (Å²) in [7, 11) is 3.42. The van der Waals surface area contributed by atoms with Crippen LogP contribution in [0.25, 0.3) is 0 Å². The predicted molar refractivity (Wildman–Crippen MR) is 99.5 cm³/mol. The molecule has 2 aromatic carbocycles. The summed E-state index contributed by atoms with van der Waals surface area (Å²) >= 11 is 0. The maximum Gasteiger partial charge on any atom is 0.319 e. The fourth-order valence-corrected chi connectivity index (χ4v) is 2.12. The monoisotopic (exact) mass is 335 g/mol. The molecule has 3 amide bonds. The number of nitrogens with zero attached hydrogens (tertiary/aromatic N) is 1. The van der Waals surface area contributed by atoms with Gasteiger partial charge in [-0.05, 0) is 48.9 Å². The van der Waals surface area contributed by atoms with Crippen molar-refractivity contribution in [2.75, 3.05) is 26.0 Å². The van der Waals surface area contributed by atoms with Crippen molar-refractivity contribution in [2.24, 2.45) is 0 Å². The van der Waals surface area contributed by atoms with Crippen molar-refractivity contribution in [1.29, 1.82) is 0 Å². The maximum atomic E-state index is 11.8. The highest BCUT2D eigenvalue weighted by atomic mass is 16.2. The van der Waals surface area contributed by atoms with Crippen LogP contribution in [-0.2, 0) is 0 Å². The van der Waals surface area contributed by atoms with E-state index >= 15 is 0 Å². The lowest BCUT2D eigenvalue weighted by Crippen LogP contribution is -2.28. The van der Waals surface area contributed by atoms with Crippen molar-refractivity contribution in [1.82, 2.24) is 10.2 Å². The predicted octanol–water partition coefficient (Wildman–Crippen LogP) is 2.87. The summed E-state index contributed by atoms with van der Waals surface area (Å²) in [6, 6.07) is 14.3. The van der Waals surface area contributed by atoms with Gasteiger partial charge in [-0.3, -0.25) is 4.79 Å². The molecule has 0 spiro atoms. The molecule has 2 N–H and O–H groups in total. The van der Waals surface area contributed by atoms with Gasteiger partial charge >= 0.3 is 6.03 Å². The highest BCUT2D eigenvalue weighted by Crippen LogP contribution is 2.09. The van der Waals surface area contributed by atoms with Crippen LogP contribution in [0, 0.1) is 18.8 Å². The standard InChI is InChI=1S/C20H21N3O2/c1-15-6-4-8-18(14-15)22-20(25)21-13-5-7-16-9-11-17(12-10-16)19(24)23(2)3/h4,6,8-12,14H,13H2,1-3H3,(H2,21,22,25). The quantitative estimate of drug-likeness (QED) is 0.847. The van der Waals surface area contributed by atoms with E-state index in [0.29, 0.717) is 5.56 Å². The molecule has 0 aliphatic rings. The molecular weight excluding hydrogens is 314 g/mol. The lowest BCUT2D eigenvalue weighted by atomic mass is 10.1. The first-order chi connectivity index (χ1) is 12.0. The van der Waals surface area contributed by atoms with E-state index in [1.165, 1.54) is 4.90 Å². The largest absolute Gasteiger partial charge is 0.345 e. The Kier molecular flexibility index (Phi) is 6.19. The summed E-state index contributed by atoms with van der Waals surface area (Å²) in [5.41, 5.74) is 3.22. The average molecular weight is 335 g/mol. The van der Waals surface area contributed by atoms with Gasteiger partial charge in [0.05, 0.1) is 6.54 Å². The second kappa shape index (κ2) is 8.55. The van der Waals surface area contributed by atoms with E-state index < -0.39 is 0 Å². The first-order valence-corrected chi connectivity index (χ1v) is 7.88. The van der Waals surface area contributed by atoms with E-state index in [2.05, 4.69) is 22.5 Å². The van der Waals surface area contributed by atoms with Crippen LogP contribution < -0.4 is 10.6 Å². The average Bonchev–Trinajstić information content (AvgIpc) is 2.58. The van der Waals surface area contributed by atoms with Crippen LogP contribution in [0.1, 0.15) is 21.5 Å². The fourth-order valence-electron chi connectivity index (χ4n) is 2.12. The summed E-state index contributed by atoms with van der Waals surface area (Å²) in [6.07, 6.45) is 0. The molecule has 2 aromatic rings. The van der Waals surface area contributed by atoms with Gasteiger partial charge in [-0.1, -0.05) is 24.0 Å². The molecule has 0 atom stereocenters. The highest BCUT2D eigenvalue weighted by Gasteiger charge is 2.06. The third-order valence-corrected chi connectivity index (χ3v) is 3.38. The zero-order valence-corrected chi connectivity index (χ0v) is 14.6. The third-order valence-electron chi connectivity index (χ3n) is 3.38. The van der Waals surface area contributed by atoms with E-state index in [-0.39, 0.29) is 18.5 Å². The molecule has 128 valence electrons. The normalized spacial score (nSPS) is 9.56. The lowest BCUT2D eigenvalue weighted by Gasteiger charge is -2.09. The van der Waals surface area contributed by atoms with Crippen molar-refractivity contribution in [3.63, 3.8) is 0 Å². The van der Waals surface area contributed by atoms with Gasteiger partial charge < -0.3 is 15.5 Å². The van der Waals surface area contributed by atoms with Crippen LogP contribution in [0.15, 0.2) is 48.5 Å². The van der Waals surface area contributed by atoms with Gasteiger partial charge in [0, 0.05) is 30.9 Å². The number of carbonyl (C=O) groups excluding carboxylic acids is 2. The molecule has 0 aromatic heterocycles. The maximum absolute atomic E-state index is 11.8. The van der Waals surface area contributed by atoms with Crippen LogP contribution >= 0.6 is 0 Å². The van der Waals surface area contributed by atoms with E-state index in [1.54, 1.807) is 38.4 Å². The molecule has 0 unspecified atom stereocenters. The summed E-state index contributed by atoms with van der Waals surface area (Å²) in [4.78, 5) is 25.1. The Morgan fingerprint density at radius 3 is 2.44 bits per heavy atom. The molecular formula is C20H21N3O2. The summed E-state index contributed by atoms with van der Waals surface area (Å²) in [5, 5.41) is 5.43. The molecule has 0 bridgehead atoms. The topological polar surface area (TPSA) is 61.4 Å². The van der Waals surface area contributed by atoms with Crippen LogP contribution in [0.5, 0.6) is 0 Å². The Morgan fingerprint density at radius 2 is 1.80 bits per heavy atom. The number of hydrogen-bond donors (Lipinski definition) is 2. The van der Waals surface area contributed by atoms with Crippen molar-refractivity contribution in [3.05, 3.63) is 65.2 Å². The first-order valence-electron chi connectivity index (χ1n) is 7.88. The Balaban J connectivity index is 1.84. The highest BCUT2D eigenvalue weighted by molar-refractivity contribution is 5.94. The van der Waals surface area contributed by atoms with Crippen molar-refractivity contribution < 1.29 is 9.59 Å². The first kappa shape index (κ1) is 18.1. The third kappa shape index (κ3) is 5.70.